The van der Waals surface area contributed by atoms with Gasteiger partial charge in [0.15, 0.2) is 0 Å². The lowest BCUT2D eigenvalue weighted by Crippen LogP contribution is -2.45. The molecule has 1 heterocycles. The van der Waals surface area contributed by atoms with Gasteiger partial charge in [-0.05, 0) is 36.4 Å². The molecule has 4 nitrogen and oxygen atoms in total. The smallest absolute Gasteiger partial charge is 0.220 e. The molecule has 1 atom stereocenters. The normalized spacial score (nSPS) is 21.6. The Morgan fingerprint density at radius 3 is 2.40 bits per heavy atom. The van der Waals surface area contributed by atoms with E-state index in [1.807, 2.05) is 0 Å². The largest absolute Gasteiger partial charge is 0.352 e. The summed E-state index contributed by atoms with van der Waals surface area (Å²) in [6.45, 7) is 9.71. The maximum Gasteiger partial charge on any atom is 0.220 e. The van der Waals surface area contributed by atoms with Gasteiger partial charge < -0.3 is 10.2 Å². The summed E-state index contributed by atoms with van der Waals surface area (Å²) >= 11 is 0. The summed E-state index contributed by atoms with van der Waals surface area (Å²) in [5.74, 6) is 0.602. The summed E-state index contributed by atoms with van der Waals surface area (Å²) in [6.07, 6.45) is 7.22. The number of nitrogens with zero attached hydrogens (tertiary/aromatic N) is 2. The highest BCUT2D eigenvalue weighted by Crippen LogP contribution is 2.20. The predicted molar refractivity (Wildman–Crippen MR) is 102 cm³/mol. The van der Waals surface area contributed by atoms with Crippen molar-refractivity contribution in [2.24, 2.45) is 5.92 Å². The molecule has 0 unspecified atom stereocenters. The van der Waals surface area contributed by atoms with Gasteiger partial charge in [0, 0.05) is 45.7 Å². The van der Waals surface area contributed by atoms with Crippen LogP contribution in [0.1, 0.15) is 37.3 Å². The van der Waals surface area contributed by atoms with Crippen LogP contribution >= 0.6 is 0 Å². The van der Waals surface area contributed by atoms with Crippen molar-refractivity contribution in [2.75, 3.05) is 32.7 Å². The van der Waals surface area contributed by atoms with Crippen molar-refractivity contribution in [3.8, 4) is 0 Å². The van der Waals surface area contributed by atoms with Crippen LogP contribution in [0.25, 0.3) is 0 Å². The highest BCUT2D eigenvalue weighted by molar-refractivity contribution is 5.76. The Labute approximate surface area is 151 Å². The number of hydrogen-bond acceptors (Lipinski definition) is 3. The Hall–Kier alpha value is -1.65. The number of nitrogens with one attached hydrogen (secondary N) is 1. The minimum absolute atomic E-state index is 0.162. The molecule has 25 heavy (non-hydrogen) atoms. The molecule has 1 aromatic rings. The predicted octanol–water partition coefficient (Wildman–Crippen LogP) is 2.80. The van der Waals surface area contributed by atoms with E-state index in [9.17, 15) is 4.79 Å². The molecular weight excluding hydrogens is 310 g/mol. The number of carbonyl (C=O) groups is 1. The molecule has 3 rings (SSSR count). The van der Waals surface area contributed by atoms with Crippen LogP contribution in [0.2, 0.25) is 0 Å². The molecule has 1 saturated heterocycles. The van der Waals surface area contributed by atoms with E-state index in [2.05, 4.69) is 58.5 Å². The molecule has 136 valence electrons. The maximum absolute atomic E-state index is 12.0. The topological polar surface area (TPSA) is 35.6 Å². The van der Waals surface area contributed by atoms with Gasteiger partial charge in [0.25, 0.3) is 0 Å². The van der Waals surface area contributed by atoms with Gasteiger partial charge in [0.1, 0.15) is 0 Å². The molecule has 4 heteroatoms. The second kappa shape index (κ2) is 9.16. The summed E-state index contributed by atoms with van der Waals surface area (Å²) in [5.41, 5.74) is 2.53. The molecule has 0 saturated carbocycles. The summed E-state index contributed by atoms with van der Waals surface area (Å²) < 4.78 is 0. The van der Waals surface area contributed by atoms with E-state index in [1.165, 1.54) is 24.2 Å². The quantitative estimate of drug-likeness (QED) is 0.775. The van der Waals surface area contributed by atoms with E-state index in [0.29, 0.717) is 18.9 Å². The van der Waals surface area contributed by atoms with Crippen LogP contribution in [-0.4, -0.2) is 48.4 Å². The van der Waals surface area contributed by atoms with Crippen molar-refractivity contribution in [3.63, 3.8) is 0 Å². The molecular formula is C21H31N3O. The first-order valence-corrected chi connectivity index (χ1v) is 9.69. The second-order valence-electron chi connectivity index (χ2n) is 7.27. The monoisotopic (exact) mass is 341 g/mol. The molecule has 1 fully saturated rings. The minimum Gasteiger partial charge on any atom is -0.352 e. The molecule has 1 amide bonds. The van der Waals surface area contributed by atoms with Crippen molar-refractivity contribution in [1.82, 2.24) is 15.1 Å². The van der Waals surface area contributed by atoms with Crippen molar-refractivity contribution >= 4 is 5.91 Å². The Kier molecular flexibility index (Phi) is 6.65. The number of hydrogen-bond donors (Lipinski definition) is 1. The van der Waals surface area contributed by atoms with Gasteiger partial charge in [0.2, 0.25) is 5.91 Å². The number of piperazine rings is 1. The van der Waals surface area contributed by atoms with Gasteiger partial charge in [-0.1, -0.05) is 43.3 Å². The molecule has 1 N–H and O–H groups in total. The van der Waals surface area contributed by atoms with Crippen LogP contribution in [0.3, 0.4) is 0 Å². The van der Waals surface area contributed by atoms with Crippen LogP contribution in [0, 0.1) is 5.92 Å². The molecule has 1 aliphatic carbocycles. The number of benzene rings is 1. The number of allylic oxidation sites excluding steroid dienone is 2. The van der Waals surface area contributed by atoms with Crippen LogP contribution in [0.4, 0.5) is 0 Å². The number of rotatable bonds is 7. The average Bonchev–Trinajstić information content (AvgIpc) is 3.15. The SMILES string of the molecule is CCN1CCN(Cc2ccc(CNC(=O)C[C@@H]3C=CCC3)cc2)CC1. The zero-order valence-corrected chi connectivity index (χ0v) is 15.4. The molecule has 0 spiro atoms. The highest BCUT2D eigenvalue weighted by atomic mass is 16.1. The van der Waals surface area contributed by atoms with E-state index >= 15 is 0 Å². The van der Waals surface area contributed by atoms with E-state index in [0.717, 1.165) is 39.0 Å². The summed E-state index contributed by atoms with van der Waals surface area (Å²) in [4.78, 5) is 17.0. The van der Waals surface area contributed by atoms with Gasteiger partial charge in [-0.2, -0.15) is 0 Å². The Morgan fingerprint density at radius 1 is 1.08 bits per heavy atom. The van der Waals surface area contributed by atoms with Crippen molar-refractivity contribution < 1.29 is 4.79 Å². The van der Waals surface area contributed by atoms with E-state index < -0.39 is 0 Å². The maximum atomic E-state index is 12.0. The molecule has 1 aromatic carbocycles. The molecule has 0 aromatic heterocycles. The van der Waals surface area contributed by atoms with E-state index in [-0.39, 0.29) is 5.91 Å². The fourth-order valence-corrected chi connectivity index (χ4v) is 3.66. The van der Waals surface area contributed by atoms with Crippen LogP contribution in [0.5, 0.6) is 0 Å². The number of likely N-dealkylation sites (N-methyl/N-ethyl adjacent to an activating group) is 1. The first-order chi connectivity index (χ1) is 12.2. The number of carbonyl (C=O) groups excluding carboxylic acids is 1. The number of amides is 1. The average molecular weight is 341 g/mol. The van der Waals surface area contributed by atoms with Crippen molar-refractivity contribution in [1.29, 1.82) is 0 Å². The third-order valence-electron chi connectivity index (χ3n) is 5.39. The van der Waals surface area contributed by atoms with Crippen molar-refractivity contribution in [3.05, 3.63) is 47.5 Å². The van der Waals surface area contributed by atoms with Crippen molar-refractivity contribution in [2.45, 2.75) is 39.3 Å². The Bertz CT molecular complexity index is 573. The minimum atomic E-state index is 0.162. The fraction of sp³-hybridized carbons (Fsp3) is 0.571. The second-order valence-corrected chi connectivity index (χ2v) is 7.27. The zero-order chi connectivity index (χ0) is 17.5. The Balaban J connectivity index is 1.39. The third-order valence-corrected chi connectivity index (χ3v) is 5.39. The molecule has 2 aliphatic rings. The Morgan fingerprint density at radius 2 is 1.76 bits per heavy atom. The highest BCUT2D eigenvalue weighted by Gasteiger charge is 2.16. The lowest BCUT2D eigenvalue weighted by Gasteiger charge is -2.34. The first kappa shape index (κ1) is 18.2. The van der Waals surface area contributed by atoms with Gasteiger partial charge in [0.05, 0.1) is 0 Å². The summed E-state index contributed by atoms with van der Waals surface area (Å²) in [5, 5.41) is 3.05. The summed E-state index contributed by atoms with van der Waals surface area (Å²) in [6, 6.07) is 8.70. The van der Waals surface area contributed by atoms with Gasteiger partial charge in [-0.3, -0.25) is 9.69 Å². The lowest BCUT2D eigenvalue weighted by atomic mass is 10.0. The van der Waals surface area contributed by atoms with Crippen LogP contribution < -0.4 is 5.32 Å². The zero-order valence-electron chi connectivity index (χ0n) is 15.4. The fourth-order valence-electron chi connectivity index (χ4n) is 3.66. The van der Waals surface area contributed by atoms with E-state index in [4.69, 9.17) is 0 Å². The standard InChI is InChI=1S/C21H31N3O/c1-2-23-11-13-24(14-12-23)17-20-9-7-19(8-10-20)16-22-21(25)15-18-5-3-4-6-18/h3,5,7-10,18H,2,4,6,11-17H2,1H3,(H,22,25)/t18-/m1/s1. The summed E-state index contributed by atoms with van der Waals surface area (Å²) in [7, 11) is 0. The molecule has 0 radical (unpaired) electrons. The van der Waals surface area contributed by atoms with Crippen LogP contribution in [-0.2, 0) is 17.9 Å². The molecule has 0 bridgehead atoms. The lowest BCUT2D eigenvalue weighted by molar-refractivity contribution is -0.121. The van der Waals surface area contributed by atoms with Gasteiger partial charge in [-0.25, -0.2) is 0 Å². The third kappa shape index (κ3) is 5.68. The van der Waals surface area contributed by atoms with Gasteiger partial charge >= 0.3 is 0 Å². The van der Waals surface area contributed by atoms with Gasteiger partial charge in [-0.15, -0.1) is 0 Å². The van der Waals surface area contributed by atoms with E-state index in [1.54, 1.807) is 0 Å². The molecule has 1 aliphatic heterocycles. The first-order valence-electron chi connectivity index (χ1n) is 9.69. The van der Waals surface area contributed by atoms with Crippen LogP contribution in [0.15, 0.2) is 36.4 Å².